The number of sulfonamides is 1. The van der Waals surface area contributed by atoms with Crippen molar-refractivity contribution in [1.29, 1.82) is 0 Å². The van der Waals surface area contributed by atoms with Gasteiger partial charge in [0.25, 0.3) is 0 Å². The molecule has 1 unspecified atom stereocenters. The van der Waals surface area contributed by atoms with Gasteiger partial charge in [0.1, 0.15) is 6.10 Å². The van der Waals surface area contributed by atoms with E-state index in [-0.39, 0.29) is 29.7 Å². The number of hydrogen-bond acceptors (Lipinski definition) is 6. The van der Waals surface area contributed by atoms with E-state index in [0.29, 0.717) is 12.8 Å². The summed E-state index contributed by atoms with van der Waals surface area (Å²) in [6.45, 7) is 0.315. The maximum absolute atomic E-state index is 12.8. The number of alkyl halides is 3. The number of piperidine rings is 1. The molecular formula is C17H18F3N3O4S. The van der Waals surface area contributed by atoms with Crippen molar-refractivity contribution in [3.05, 3.63) is 42.2 Å². The number of methoxy groups -OCH3 is 1. The van der Waals surface area contributed by atoms with Crippen LogP contribution < -0.4 is 9.47 Å². The molecule has 0 aliphatic carbocycles. The van der Waals surface area contributed by atoms with Crippen LogP contribution in [-0.2, 0) is 16.2 Å². The number of nitrogens with zero attached hydrogens (tertiary/aromatic N) is 3. The highest BCUT2D eigenvalue weighted by Crippen LogP contribution is 2.31. The van der Waals surface area contributed by atoms with Gasteiger partial charge in [-0.05, 0) is 37.1 Å². The lowest BCUT2D eigenvalue weighted by molar-refractivity contribution is -0.137. The van der Waals surface area contributed by atoms with Gasteiger partial charge in [-0.1, -0.05) is 0 Å². The highest BCUT2D eigenvalue weighted by molar-refractivity contribution is 7.89. The predicted octanol–water partition coefficient (Wildman–Crippen LogP) is 2.74. The van der Waals surface area contributed by atoms with Crippen molar-refractivity contribution in [2.75, 3.05) is 20.2 Å². The number of benzene rings is 1. The summed E-state index contributed by atoms with van der Waals surface area (Å²) in [6.07, 6.45) is -1.02. The van der Waals surface area contributed by atoms with Crippen molar-refractivity contribution in [1.82, 2.24) is 14.3 Å². The molecule has 2 aromatic rings. The van der Waals surface area contributed by atoms with Crippen molar-refractivity contribution in [2.24, 2.45) is 0 Å². The van der Waals surface area contributed by atoms with Crippen LogP contribution in [0.15, 0.2) is 41.6 Å². The van der Waals surface area contributed by atoms with E-state index in [9.17, 15) is 21.6 Å². The summed E-state index contributed by atoms with van der Waals surface area (Å²) < 4.78 is 75.5. The molecule has 3 rings (SSSR count). The van der Waals surface area contributed by atoms with Crippen LogP contribution in [0.4, 0.5) is 13.2 Å². The van der Waals surface area contributed by atoms with E-state index in [0.717, 1.165) is 24.3 Å². The Hall–Kier alpha value is -2.40. The first-order chi connectivity index (χ1) is 13.2. The average Bonchev–Trinajstić information content (AvgIpc) is 2.68. The van der Waals surface area contributed by atoms with Crippen molar-refractivity contribution in [3.8, 4) is 11.8 Å². The normalized spacial score (nSPS) is 18.6. The topological polar surface area (TPSA) is 81.6 Å². The summed E-state index contributed by atoms with van der Waals surface area (Å²) in [7, 11) is -2.50. The van der Waals surface area contributed by atoms with Gasteiger partial charge in [-0.3, -0.25) is 4.98 Å². The summed E-state index contributed by atoms with van der Waals surface area (Å²) >= 11 is 0. The second-order valence-electron chi connectivity index (χ2n) is 6.17. The quantitative estimate of drug-likeness (QED) is 0.744. The van der Waals surface area contributed by atoms with Crippen LogP contribution in [0.3, 0.4) is 0 Å². The largest absolute Gasteiger partial charge is 0.480 e. The molecule has 0 radical (unpaired) electrons. The van der Waals surface area contributed by atoms with E-state index >= 15 is 0 Å². The Morgan fingerprint density at radius 1 is 1.14 bits per heavy atom. The molecule has 1 saturated heterocycles. The fraction of sp³-hybridized carbons (Fsp3) is 0.412. The molecule has 0 bridgehead atoms. The van der Waals surface area contributed by atoms with Gasteiger partial charge in [0.2, 0.25) is 21.8 Å². The van der Waals surface area contributed by atoms with Crippen molar-refractivity contribution < 1.29 is 31.1 Å². The molecule has 0 spiro atoms. The molecule has 2 heterocycles. The Labute approximate surface area is 160 Å². The zero-order valence-corrected chi connectivity index (χ0v) is 15.7. The lowest BCUT2D eigenvalue weighted by atomic mass is 10.1. The summed E-state index contributed by atoms with van der Waals surface area (Å²) in [5.41, 5.74) is -0.900. The molecule has 152 valence electrons. The van der Waals surface area contributed by atoms with Gasteiger partial charge < -0.3 is 9.47 Å². The third-order valence-corrected chi connectivity index (χ3v) is 6.13. The molecule has 11 heteroatoms. The summed E-state index contributed by atoms with van der Waals surface area (Å²) in [5.74, 6) is 0.473. The van der Waals surface area contributed by atoms with Crippen LogP contribution in [0.5, 0.6) is 11.8 Å². The second kappa shape index (κ2) is 7.92. The molecule has 1 fully saturated rings. The highest BCUT2D eigenvalue weighted by Gasteiger charge is 2.33. The lowest BCUT2D eigenvalue weighted by Gasteiger charge is -2.31. The standard InChI is InChI=1S/C17H18F3N3O4S/c1-26-15-9-21-10-16(22-15)27-13-3-2-8-23(11-13)28(24,25)14-6-4-12(5-7-14)17(18,19)20/h4-7,9-10,13H,2-3,8,11H2,1H3. The Morgan fingerprint density at radius 3 is 2.46 bits per heavy atom. The predicted molar refractivity (Wildman–Crippen MR) is 92.4 cm³/mol. The molecular weight excluding hydrogens is 399 g/mol. The molecule has 1 aromatic heterocycles. The van der Waals surface area contributed by atoms with E-state index in [1.54, 1.807) is 0 Å². The summed E-state index contributed by atoms with van der Waals surface area (Å²) in [5, 5.41) is 0. The smallest absolute Gasteiger partial charge is 0.416 e. The first kappa shape index (κ1) is 20.3. The van der Waals surface area contributed by atoms with E-state index < -0.39 is 27.9 Å². The maximum atomic E-state index is 12.8. The van der Waals surface area contributed by atoms with E-state index in [2.05, 4.69) is 9.97 Å². The molecule has 0 saturated carbocycles. The monoisotopic (exact) mass is 417 g/mol. The molecule has 1 aliphatic heterocycles. The fourth-order valence-electron chi connectivity index (χ4n) is 2.84. The van der Waals surface area contributed by atoms with Crippen LogP contribution in [0, 0.1) is 0 Å². The van der Waals surface area contributed by atoms with E-state index in [1.807, 2.05) is 0 Å². The average molecular weight is 417 g/mol. The fourth-order valence-corrected chi connectivity index (χ4v) is 4.35. The van der Waals surface area contributed by atoms with Gasteiger partial charge >= 0.3 is 6.18 Å². The molecule has 1 aromatic carbocycles. The molecule has 28 heavy (non-hydrogen) atoms. The highest BCUT2D eigenvalue weighted by atomic mass is 32.2. The zero-order valence-electron chi connectivity index (χ0n) is 14.9. The number of aromatic nitrogens is 2. The van der Waals surface area contributed by atoms with E-state index in [1.165, 1.54) is 23.8 Å². The van der Waals surface area contributed by atoms with Crippen LogP contribution in [-0.4, -0.2) is 49.0 Å². The number of rotatable bonds is 5. The first-order valence-corrected chi connectivity index (χ1v) is 9.84. The molecule has 1 aliphatic rings. The van der Waals surface area contributed by atoms with Gasteiger partial charge in [0.15, 0.2) is 0 Å². The van der Waals surface area contributed by atoms with Gasteiger partial charge in [-0.2, -0.15) is 22.5 Å². The Bertz CT molecular complexity index is 920. The Balaban J connectivity index is 1.73. The number of ether oxygens (including phenoxy) is 2. The van der Waals surface area contributed by atoms with Crippen LogP contribution in [0.1, 0.15) is 18.4 Å². The third kappa shape index (κ3) is 4.53. The SMILES string of the molecule is COc1cncc(OC2CCCN(S(=O)(=O)c3ccc(C(F)(F)F)cc3)C2)n1. The number of hydrogen-bond donors (Lipinski definition) is 0. The van der Waals surface area contributed by atoms with Gasteiger partial charge in [-0.15, -0.1) is 0 Å². The summed E-state index contributed by atoms with van der Waals surface area (Å²) in [6, 6.07) is 3.46. The van der Waals surface area contributed by atoms with Gasteiger partial charge in [0, 0.05) is 6.54 Å². The first-order valence-electron chi connectivity index (χ1n) is 8.40. The van der Waals surface area contributed by atoms with Crippen molar-refractivity contribution >= 4 is 10.0 Å². The number of halogens is 3. The molecule has 0 N–H and O–H groups in total. The Kier molecular flexibility index (Phi) is 5.75. The maximum Gasteiger partial charge on any atom is 0.416 e. The minimum absolute atomic E-state index is 0.0578. The van der Waals surface area contributed by atoms with Crippen LogP contribution in [0.2, 0.25) is 0 Å². The third-order valence-electron chi connectivity index (χ3n) is 4.25. The molecule has 1 atom stereocenters. The minimum Gasteiger partial charge on any atom is -0.480 e. The minimum atomic E-state index is -4.52. The molecule has 0 amide bonds. The van der Waals surface area contributed by atoms with Gasteiger partial charge in [0.05, 0.1) is 36.5 Å². The van der Waals surface area contributed by atoms with Crippen molar-refractivity contribution in [3.63, 3.8) is 0 Å². The Morgan fingerprint density at radius 2 is 1.82 bits per heavy atom. The zero-order chi connectivity index (χ0) is 20.4. The summed E-state index contributed by atoms with van der Waals surface area (Å²) in [4.78, 5) is 7.82. The van der Waals surface area contributed by atoms with Crippen molar-refractivity contribution in [2.45, 2.75) is 30.0 Å². The second-order valence-corrected chi connectivity index (χ2v) is 8.10. The molecule has 7 nitrogen and oxygen atoms in total. The lowest BCUT2D eigenvalue weighted by Crippen LogP contribution is -2.44. The van der Waals surface area contributed by atoms with E-state index in [4.69, 9.17) is 9.47 Å². The van der Waals surface area contributed by atoms with Gasteiger partial charge in [-0.25, -0.2) is 8.42 Å². The van der Waals surface area contributed by atoms with Crippen LogP contribution in [0.25, 0.3) is 0 Å². The van der Waals surface area contributed by atoms with Crippen LogP contribution >= 0.6 is 0 Å².